The number of nitro benzene ring substituents is 1. The predicted octanol–water partition coefficient (Wildman–Crippen LogP) is 2.63. The smallest absolute Gasteiger partial charge is 0.269 e. The number of non-ortho nitro benzene ring substituents is 1. The molecule has 4 heteroatoms. The molecule has 0 N–H and O–H groups in total. The van der Waals surface area contributed by atoms with Gasteiger partial charge in [0, 0.05) is 24.1 Å². The average Bonchev–Trinajstić information content (AvgIpc) is 2.38. The quantitative estimate of drug-likeness (QED) is 0.431. The number of ketones is 1. The zero-order valence-electron chi connectivity index (χ0n) is 9.68. The van der Waals surface area contributed by atoms with Gasteiger partial charge in [0.1, 0.15) is 0 Å². The van der Waals surface area contributed by atoms with E-state index in [1.807, 2.05) is 6.08 Å². The largest absolute Gasteiger partial charge is 0.293 e. The van der Waals surface area contributed by atoms with Crippen molar-refractivity contribution in [1.29, 1.82) is 0 Å². The molecule has 1 aromatic carbocycles. The monoisotopic (exact) mass is 241 g/mol. The highest BCUT2D eigenvalue weighted by Crippen LogP contribution is 2.14. The van der Waals surface area contributed by atoms with Crippen LogP contribution in [-0.2, 0) is 4.79 Å². The molecule has 0 saturated carbocycles. The molecule has 0 amide bonds. The Morgan fingerprint density at radius 3 is 2.50 bits per heavy atom. The molecule has 0 spiro atoms. The van der Waals surface area contributed by atoms with Gasteiger partial charge in [0.15, 0.2) is 5.78 Å². The lowest BCUT2D eigenvalue weighted by molar-refractivity contribution is -0.384. The van der Waals surface area contributed by atoms with E-state index in [9.17, 15) is 14.9 Å². The van der Waals surface area contributed by atoms with Crippen LogP contribution in [0.5, 0.6) is 0 Å². The van der Waals surface area contributed by atoms with Gasteiger partial charge in [-0.2, -0.15) is 0 Å². The number of allylic oxidation sites excluding steroid dienone is 2. The summed E-state index contributed by atoms with van der Waals surface area (Å²) in [5, 5.41) is 10.5. The van der Waals surface area contributed by atoms with Gasteiger partial charge in [-0.05, 0) is 25.0 Å². The van der Waals surface area contributed by atoms with E-state index in [2.05, 4.69) is 11.8 Å². The first-order chi connectivity index (χ1) is 8.66. The van der Waals surface area contributed by atoms with Gasteiger partial charge in [0.2, 0.25) is 0 Å². The standard InChI is InChI=1S/C14H11NO3/c16-14-4-2-1-3-12(14)8-5-11-6-9-13(10-7-11)15(17)18/h3,6-7,9-10H,1-2,4H2. The minimum Gasteiger partial charge on any atom is -0.293 e. The van der Waals surface area contributed by atoms with Crippen molar-refractivity contribution in [3.05, 3.63) is 51.6 Å². The molecule has 0 bridgehead atoms. The van der Waals surface area contributed by atoms with Crippen LogP contribution in [0, 0.1) is 22.0 Å². The summed E-state index contributed by atoms with van der Waals surface area (Å²) >= 11 is 0. The van der Waals surface area contributed by atoms with Crippen molar-refractivity contribution in [1.82, 2.24) is 0 Å². The normalized spacial score (nSPS) is 14.4. The van der Waals surface area contributed by atoms with Crippen LogP contribution in [0.4, 0.5) is 5.69 Å². The molecule has 4 nitrogen and oxygen atoms in total. The van der Waals surface area contributed by atoms with E-state index < -0.39 is 4.92 Å². The van der Waals surface area contributed by atoms with Crippen LogP contribution < -0.4 is 0 Å². The van der Waals surface area contributed by atoms with Crippen LogP contribution in [0.1, 0.15) is 24.8 Å². The number of carbonyl (C=O) groups is 1. The molecule has 0 aliphatic heterocycles. The SMILES string of the molecule is O=C1CCCC=C1C#Cc1ccc([N+](=O)[O-])cc1. The summed E-state index contributed by atoms with van der Waals surface area (Å²) < 4.78 is 0. The van der Waals surface area contributed by atoms with Gasteiger partial charge >= 0.3 is 0 Å². The average molecular weight is 241 g/mol. The summed E-state index contributed by atoms with van der Waals surface area (Å²) in [7, 11) is 0. The molecular weight excluding hydrogens is 230 g/mol. The number of carbonyl (C=O) groups excluding carboxylic acids is 1. The molecule has 18 heavy (non-hydrogen) atoms. The van der Waals surface area contributed by atoms with Crippen molar-refractivity contribution in [2.24, 2.45) is 0 Å². The van der Waals surface area contributed by atoms with E-state index in [1.54, 1.807) is 12.1 Å². The van der Waals surface area contributed by atoms with Crippen LogP contribution in [0.25, 0.3) is 0 Å². The molecular formula is C14H11NO3. The maximum Gasteiger partial charge on any atom is 0.269 e. The van der Waals surface area contributed by atoms with E-state index in [0.29, 0.717) is 17.6 Å². The van der Waals surface area contributed by atoms with Crippen LogP contribution in [0.15, 0.2) is 35.9 Å². The zero-order valence-corrected chi connectivity index (χ0v) is 9.68. The Morgan fingerprint density at radius 2 is 1.89 bits per heavy atom. The van der Waals surface area contributed by atoms with Crippen molar-refractivity contribution < 1.29 is 9.72 Å². The molecule has 0 heterocycles. The van der Waals surface area contributed by atoms with Crippen LogP contribution in [-0.4, -0.2) is 10.7 Å². The summed E-state index contributed by atoms with van der Waals surface area (Å²) in [6, 6.07) is 5.97. The molecule has 0 saturated heterocycles. The molecule has 0 fully saturated rings. The van der Waals surface area contributed by atoms with E-state index in [4.69, 9.17) is 0 Å². The lowest BCUT2D eigenvalue weighted by atomic mass is 9.98. The number of hydrogen-bond acceptors (Lipinski definition) is 3. The van der Waals surface area contributed by atoms with Crippen molar-refractivity contribution in [3.8, 4) is 11.8 Å². The third-order valence-electron chi connectivity index (χ3n) is 2.68. The second kappa shape index (κ2) is 5.28. The fourth-order valence-electron chi connectivity index (χ4n) is 1.68. The maximum absolute atomic E-state index is 11.5. The van der Waals surface area contributed by atoms with E-state index in [-0.39, 0.29) is 11.5 Å². The third-order valence-corrected chi connectivity index (χ3v) is 2.68. The highest BCUT2D eigenvalue weighted by Gasteiger charge is 2.10. The first-order valence-corrected chi connectivity index (χ1v) is 5.66. The Bertz CT molecular complexity index is 573. The van der Waals surface area contributed by atoms with E-state index in [0.717, 1.165) is 12.8 Å². The molecule has 90 valence electrons. The minimum absolute atomic E-state index is 0.0357. The van der Waals surface area contributed by atoms with Crippen LogP contribution in [0.3, 0.4) is 0 Å². The van der Waals surface area contributed by atoms with Gasteiger partial charge in [-0.25, -0.2) is 0 Å². The van der Waals surface area contributed by atoms with Gasteiger partial charge in [-0.1, -0.05) is 17.9 Å². The zero-order chi connectivity index (χ0) is 13.0. The van der Waals surface area contributed by atoms with E-state index >= 15 is 0 Å². The molecule has 0 aromatic heterocycles. The van der Waals surface area contributed by atoms with Gasteiger partial charge in [0.25, 0.3) is 5.69 Å². The number of Topliss-reactive ketones (excluding diaryl/α,β-unsaturated/α-hetero) is 1. The second-order valence-corrected chi connectivity index (χ2v) is 3.99. The van der Waals surface area contributed by atoms with Crippen molar-refractivity contribution in [3.63, 3.8) is 0 Å². The van der Waals surface area contributed by atoms with Gasteiger partial charge in [-0.3, -0.25) is 14.9 Å². The van der Waals surface area contributed by atoms with E-state index in [1.165, 1.54) is 12.1 Å². The highest BCUT2D eigenvalue weighted by molar-refractivity contribution is 6.00. The Balaban J connectivity index is 2.17. The molecule has 0 unspecified atom stereocenters. The fourth-order valence-corrected chi connectivity index (χ4v) is 1.68. The van der Waals surface area contributed by atoms with Gasteiger partial charge in [-0.15, -0.1) is 0 Å². The molecule has 2 rings (SSSR count). The first-order valence-electron chi connectivity index (χ1n) is 5.66. The number of nitro groups is 1. The fraction of sp³-hybridized carbons (Fsp3) is 0.214. The topological polar surface area (TPSA) is 60.2 Å². The second-order valence-electron chi connectivity index (χ2n) is 3.99. The van der Waals surface area contributed by atoms with Gasteiger partial charge in [0.05, 0.1) is 10.5 Å². The Labute approximate surface area is 104 Å². The highest BCUT2D eigenvalue weighted by atomic mass is 16.6. The predicted molar refractivity (Wildman–Crippen MR) is 66.9 cm³/mol. The molecule has 0 atom stereocenters. The van der Waals surface area contributed by atoms with Crippen molar-refractivity contribution >= 4 is 11.5 Å². The summed E-state index contributed by atoms with van der Waals surface area (Å²) in [4.78, 5) is 21.5. The maximum atomic E-state index is 11.5. The molecule has 1 aromatic rings. The Kier molecular flexibility index (Phi) is 3.54. The molecule has 0 radical (unpaired) electrons. The number of rotatable bonds is 1. The van der Waals surface area contributed by atoms with Crippen molar-refractivity contribution in [2.75, 3.05) is 0 Å². The molecule has 1 aliphatic rings. The number of nitrogens with zero attached hydrogens (tertiary/aromatic N) is 1. The van der Waals surface area contributed by atoms with Crippen LogP contribution >= 0.6 is 0 Å². The van der Waals surface area contributed by atoms with Crippen LogP contribution in [0.2, 0.25) is 0 Å². The summed E-state index contributed by atoms with van der Waals surface area (Å²) in [6.45, 7) is 0. The third kappa shape index (κ3) is 2.83. The summed E-state index contributed by atoms with van der Waals surface area (Å²) in [5.41, 5.74) is 1.26. The lowest BCUT2D eigenvalue weighted by Gasteiger charge is -2.04. The first kappa shape index (κ1) is 12.1. The Morgan fingerprint density at radius 1 is 1.17 bits per heavy atom. The number of hydrogen-bond donors (Lipinski definition) is 0. The van der Waals surface area contributed by atoms with Crippen molar-refractivity contribution in [2.45, 2.75) is 19.3 Å². The lowest BCUT2D eigenvalue weighted by Crippen LogP contribution is -2.04. The Hall–Kier alpha value is -2.41. The van der Waals surface area contributed by atoms with Gasteiger partial charge < -0.3 is 0 Å². The number of benzene rings is 1. The summed E-state index contributed by atoms with van der Waals surface area (Å²) in [6.07, 6.45) is 4.18. The molecule has 1 aliphatic carbocycles. The minimum atomic E-state index is -0.454. The summed E-state index contributed by atoms with van der Waals surface area (Å²) in [5.74, 6) is 5.76.